The number of aromatic nitrogens is 1. The first-order valence-electron chi connectivity index (χ1n) is 5.10. The lowest BCUT2D eigenvalue weighted by atomic mass is 10.3. The van der Waals surface area contributed by atoms with Crippen molar-refractivity contribution in [3.05, 3.63) is 17.3 Å². The number of nitrogens with zero attached hydrogens (tertiary/aromatic N) is 1. The van der Waals surface area contributed by atoms with Crippen molar-refractivity contribution < 1.29 is 29.0 Å². The number of aromatic carboxylic acids is 2. The van der Waals surface area contributed by atoms with Crippen LogP contribution in [0.4, 0.5) is 0 Å². The predicted octanol–water partition coefficient (Wildman–Crippen LogP) is 1.04. The first kappa shape index (κ1) is 13.2. The van der Waals surface area contributed by atoms with Crippen LogP contribution >= 0.6 is 0 Å². The van der Waals surface area contributed by atoms with Crippen molar-refractivity contribution >= 4 is 11.9 Å². The fourth-order valence-electron chi connectivity index (χ4n) is 1.17. The highest BCUT2D eigenvalue weighted by molar-refractivity contribution is 5.98. The maximum Gasteiger partial charge on any atom is 0.374 e. The third-order valence-corrected chi connectivity index (χ3v) is 1.88. The SMILES string of the molecule is CCCOCCc1nc(C(=O)O)c(C(=O)O)o1. The minimum absolute atomic E-state index is 0.0518. The zero-order valence-corrected chi connectivity index (χ0v) is 9.30. The Morgan fingerprint density at radius 2 is 2.00 bits per heavy atom. The molecule has 0 amide bonds. The van der Waals surface area contributed by atoms with Crippen LogP contribution in [0.2, 0.25) is 0 Å². The van der Waals surface area contributed by atoms with E-state index in [1.165, 1.54) is 0 Å². The standard InChI is InChI=1S/C10H13NO6/c1-2-4-16-5-3-6-11-7(9(12)13)8(17-6)10(14)15/h2-5H2,1H3,(H,12,13)(H,14,15). The van der Waals surface area contributed by atoms with E-state index in [1.54, 1.807) is 0 Å². The Morgan fingerprint density at radius 1 is 1.29 bits per heavy atom. The van der Waals surface area contributed by atoms with Crippen molar-refractivity contribution in [2.75, 3.05) is 13.2 Å². The van der Waals surface area contributed by atoms with Gasteiger partial charge in [-0.25, -0.2) is 14.6 Å². The van der Waals surface area contributed by atoms with Gasteiger partial charge in [-0.05, 0) is 6.42 Å². The molecule has 7 nitrogen and oxygen atoms in total. The molecule has 0 unspecified atom stereocenters. The molecule has 0 aliphatic rings. The summed E-state index contributed by atoms with van der Waals surface area (Å²) in [5.74, 6) is -3.47. The van der Waals surface area contributed by atoms with E-state index < -0.39 is 23.4 Å². The van der Waals surface area contributed by atoms with E-state index in [-0.39, 0.29) is 12.3 Å². The summed E-state index contributed by atoms with van der Waals surface area (Å²) in [5, 5.41) is 17.4. The molecule has 0 atom stereocenters. The monoisotopic (exact) mass is 243 g/mol. The van der Waals surface area contributed by atoms with Gasteiger partial charge in [0.15, 0.2) is 5.89 Å². The van der Waals surface area contributed by atoms with Gasteiger partial charge in [-0.1, -0.05) is 6.92 Å². The second kappa shape index (κ2) is 6.00. The normalized spacial score (nSPS) is 10.4. The molecule has 1 rings (SSSR count). The highest BCUT2D eigenvalue weighted by Crippen LogP contribution is 2.12. The average molecular weight is 243 g/mol. The molecule has 1 aromatic rings. The van der Waals surface area contributed by atoms with E-state index in [1.807, 2.05) is 6.92 Å². The quantitative estimate of drug-likeness (QED) is 0.688. The molecule has 17 heavy (non-hydrogen) atoms. The Kier molecular flexibility index (Phi) is 4.65. The molecule has 94 valence electrons. The Morgan fingerprint density at radius 3 is 2.47 bits per heavy atom. The first-order valence-corrected chi connectivity index (χ1v) is 5.10. The van der Waals surface area contributed by atoms with Crippen LogP contribution in [-0.4, -0.2) is 40.3 Å². The summed E-state index contributed by atoms with van der Waals surface area (Å²) in [6, 6.07) is 0. The van der Waals surface area contributed by atoms with Crippen LogP contribution in [0.15, 0.2) is 4.42 Å². The fraction of sp³-hybridized carbons (Fsp3) is 0.500. The van der Waals surface area contributed by atoms with Gasteiger partial charge in [-0.3, -0.25) is 0 Å². The van der Waals surface area contributed by atoms with Crippen molar-refractivity contribution in [3.63, 3.8) is 0 Å². The zero-order chi connectivity index (χ0) is 12.8. The third-order valence-electron chi connectivity index (χ3n) is 1.88. The Labute approximate surface area is 97.0 Å². The van der Waals surface area contributed by atoms with E-state index in [0.717, 1.165) is 6.42 Å². The highest BCUT2D eigenvalue weighted by atomic mass is 16.5. The Balaban J connectivity index is 2.71. The van der Waals surface area contributed by atoms with Crippen LogP contribution in [0.3, 0.4) is 0 Å². The van der Waals surface area contributed by atoms with Crippen molar-refractivity contribution in [1.82, 2.24) is 4.98 Å². The minimum atomic E-state index is -1.45. The topological polar surface area (TPSA) is 110 Å². The molecule has 0 aliphatic carbocycles. The van der Waals surface area contributed by atoms with E-state index in [2.05, 4.69) is 4.98 Å². The molecule has 0 bridgehead atoms. The summed E-state index contributed by atoms with van der Waals surface area (Å²) in [6.07, 6.45) is 1.11. The molecular formula is C10H13NO6. The Bertz CT molecular complexity index is 379. The number of carboxylic acid groups (broad SMARTS) is 2. The molecular weight excluding hydrogens is 230 g/mol. The smallest absolute Gasteiger partial charge is 0.374 e. The van der Waals surface area contributed by atoms with Gasteiger partial charge in [0.05, 0.1) is 6.61 Å². The van der Waals surface area contributed by atoms with Crippen LogP contribution in [0.1, 0.15) is 40.3 Å². The molecule has 0 aromatic carbocycles. The van der Waals surface area contributed by atoms with Gasteiger partial charge in [-0.2, -0.15) is 0 Å². The minimum Gasteiger partial charge on any atom is -0.476 e. The molecule has 0 fully saturated rings. The molecule has 1 heterocycles. The first-order chi connectivity index (χ1) is 8.06. The van der Waals surface area contributed by atoms with Crippen molar-refractivity contribution in [1.29, 1.82) is 0 Å². The van der Waals surface area contributed by atoms with E-state index in [9.17, 15) is 9.59 Å². The number of hydrogen-bond acceptors (Lipinski definition) is 5. The maximum absolute atomic E-state index is 10.7. The van der Waals surface area contributed by atoms with Gasteiger partial charge in [0.2, 0.25) is 11.5 Å². The van der Waals surface area contributed by atoms with Gasteiger partial charge in [-0.15, -0.1) is 0 Å². The number of carboxylic acids is 2. The molecule has 2 N–H and O–H groups in total. The third kappa shape index (κ3) is 3.56. The van der Waals surface area contributed by atoms with Gasteiger partial charge < -0.3 is 19.4 Å². The van der Waals surface area contributed by atoms with Crippen molar-refractivity contribution in [2.45, 2.75) is 19.8 Å². The summed E-state index contributed by atoms with van der Waals surface area (Å²) >= 11 is 0. The molecule has 0 saturated heterocycles. The second-order valence-corrected chi connectivity index (χ2v) is 3.26. The van der Waals surface area contributed by atoms with Crippen molar-refractivity contribution in [3.8, 4) is 0 Å². The lowest BCUT2D eigenvalue weighted by Gasteiger charge is -1.98. The summed E-state index contributed by atoms with van der Waals surface area (Å²) in [4.78, 5) is 25.0. The van der Waals surface area contributed by atoms with Gasteiger partial charge in [0.25, 0.3) is 0 Å². The van der Waals surface area contributed by atoms with Gasteiger partial charge in [0, 0.05) is 13.0 Å². The van der Waals surface area contributed by atoms with E-state index in [0.29, 0.717) is 13.2 Å². The van der Waals surface area contributed by atoms with Crippen LogP contribution in [0.5, 0.6) is 0 Å². The molecule has 0 saturated carbocycles. The summed E-state index contributed by atoms with van der Waals surface area (Å²) < 4.78 is 10.0. The second-order valence-electron chi connectivity index (χ2n) is 3.26. The Hall–Kier alpha value is -1.89. The number of rotatable bonds is 7. The van der Waals surface area contributed by atoms with Gasteiger partial charge in [0.1, 0.15) is 0 Å². The summed E-state index contributed by atoms with van der Waals surface area (Å²) in [7, 11) is 0. The molecule has 0 spiro atoms. The molecule has 0 radical (unpaired) electrons. The number of hydrogen-bond donors (Lipinski definition) is 2. The average Bonchev–Trinajstić information content (AvgIpc) is 2.69. The van der Waals surface area contributed by atoms with Crippen LogP contribution in [-0.2, 0) is 11.2 Å². The molecule has 0 aliphatic heterocycles. The number of carbonyl (C=O) groups is 2. The fourth-order valence-corrected chi connectivity index (χ4v) is 1.17. The lowest BCUT2D eigenvalue weighted by molar-refractivity contribution is 0.0622. The number of oxazole rings is 1. The van der Waals surface area contributed by atoms with Crippen LogP contribution in [0.25, 0.3) is 0 Å². The van der Waals surface area contributed by atoms with Crippen LogP contribution in [0, 0.1) is 0 Å². The maximum atomic E-state index is 10.7. The zero-order valence-electron chi connectivity index (χ0n) is 9.30. The largest absolute Gasteiger partial charge is 0.476 e. The predicted molar refractivity (Wildman–Crippen MR) is 55.2 cm³/mol. The summed E-state index contributed by atoms with van der Waals surface area (Å²) in [5.41, 5.74) is -0.581. The molecule has 7 heteroatoms. The van der Waals surface area contributed by atoms with Crippen molar-refractivity contribution in [2.24, 2.45) is 0 Å². The highest BCUT2D eigenvalue weighted by Gasteiger charge is 2.24. The molecule has 1 aromatic heterocycles. The van der Waals surface area contributed by atoms with E-state index in [4.69, 9.17) is 19.4 Å². The number of ether oxygens (including phenoxy) is 1. The summed E-state index contributed by atoms with van der Waals surface area (Å²) in [6.45, 7) is 2.85. The van der Waals surface area contributed by atoms with Gasteiger partial charge >= 0.3 is 11.9 Å². The lowest BCUT2D eigenvalue weighted by Crippen LogP contribution is -2.06. The van der Waals surface area contributed by atoms with E-state index >= 15 is 0 Å². The van der Waals surface area contributed by atoms with Crippen LogP contribution < -0.4 is 0 Å².